The monoisotopic (exact) mass is 352 g/mol. The SMILES string of the molecule is [C-]#[N+]c1ccc(N2C(=O)[C@@H]3[C@H](C2=O)C2(C)C[C@H](O)C3(C)O2)c2ccnn12. The Kier molecular flexibility index (Phi) is 2.68. The molecular weight excluding hydrogens is 336 g/mol. The van der Waals surface area contributed by atoms with Crippen molar-refractivity contribution >= 4 is 28.8 Å². The quantitative estimate of drug-likeness (QED) is 0.617. The van der Waals surface area contributed by atoms with Crippen molar-refractivity contribution < 1.29 is 19.4 Å². The number of aliphatic hydroxyl groups is 1. The Morgan fingerprint density at radius 2 is 2.00 bits per heavy atom. The zero-order valence-electron chi connectivity index (χ0n) is 14.2. The van der Waals surface area contributed by atoms with E-state index in [2.05, 4.69) is 9.94 Å². The lowest BCUT2D eigenvalue weighted by atomic mass is 9.67. The van der Waals surface area contributed by atoms with Crippen LogP contribution in [0.15, 0.2) is 24.4 Å². The predicted octanol–water partition coefficient (Wildman–Crippen LogP) is 1.30. The molecule has 0 aliphatic carbocycles. The van der Waals surface area contributed by atoms with Crippen LogP contribution in [-0.2, 0) is 14.3 Å². The van der Waals surface area contributed by atoms with Gasteiger partial charge in [0.25, 0.3) is 5.82 Å². The van der Waals surface area contributed by atoms with Gasteiger partial charge in [0.2, 0.25) is 11.8 Å². The molecule has 2 unspecified atom stereocenters. The third-order valence-electron chi connectivity index (χ3n) is 6.16. The molecule has 3 aliphatic rings. The number of pyridine rings is 1. The number of rotatable bonds is 1. The normalized spacial score (nSPS) is 38.2. The predicted molar refractivity (Wildman–Crippen MR) is 89.4 cm³/mol. The van der Waals surface area contributed by atoms with Crippen LogP contribution in [0.25, 0.3) is 10.4 Å². The number of hydrogen-bond donors (Lipinski definition) is 1. The van der Waals surface area contributed by atoms with Gasteiger partial charge in [-0.3, -0.25) is 9.59 Å². The maximum atomic E-state index is 13.2. The van der Waals surface area contributed by atoms with E-state index in [1.165, 1.54) is 15.6 Å². The second kappa shape index (κ2) is 4.50. The van der Waals surface area contributed by atoms with E-state index in [4.69, 9.17) is 11.3 Å². The lowest BCUT2D eigenvalue weighted by molar-refractivity contribution is -0.132. The molecule has 26 heavy (non-hydrogen) atoms. The Hall–Kier alpha value is -2.76. The van der Waals surface area contributed by atoms with Gasteiger partial charge in [-0.05, 0) is 26.0 Å². The number of aromatic nitrogens is 2. The highest BCUT2D eigenvalue weighted by molar-refractivity contribution is 6.24. The number of hydrogen-bond acceptors (Lipinski definition) is 5. The number of imide groups is 1. The number of ether oxygens (including phenoxy) is 1. The third kappa shape index (κ3) is 1.54. The summed E-state index contributed by atoms with van der Waals surface area (Å²) in [6.07, 6.45) is 1.07. The highest BCUT2D eigenvalue weighted by Crippen LogP contribution is 2.61. The van der Waals surface area contributed by atoms with Crippen molar-refractivity contribution in [2.75, 3.05) is 4.90 Å². The van der Waals surface area contributed by atoms with Crippen molar-refractivity contribution in [1.29, 1.82) is 0 Å². The van der Waals surface area contributed by atoms with Crippen LogP contribution in [-0.4, -0.2) is 43.8 Å². The molecule has 2 aromatic heterocycles. The molecule has 8 nitrogen and oxygen atoms in total. The molecule has 5 rings (SSSR count). The van der Waals surface area contributed by atoms with E-state index in [0.29, 0.717) is 23.4 Å². The number of aliphatic hydroxyl groups excluding tert-OH is 1. The van der Waals surface area contributed by atoms with Crippen LogP contribution in [0.3, 0.4) is 0 Å². The lowest BCUT2D eigenvalue weighted by Gasteiger charge is -2.31. The van der Waals surface area contributed by atoms with E-state index in [-0.39, 0.29) is 11.8 Å². The zero-order chi connectivity index (χ0) is 18.4. The van der Waals surface area contributed by atoms with Gasteiger partial charge in [-0.1, -0.05) is 6.57 Å². The average molecular weight is 352 g/mol. The molecule has 0 spiro atoms. The number of fused-ring (bicyclic) bond motifs is 6. The molecule has 2 amide bonds. The summed E-state index contributed by atoms with van der Waals surface area (Å²) in [5.74, 6) is -1.73. The van der Waals surface area contributed by atoms with Crippen LogP contribution in [0.1, 0.15) is 20.3 Å². The molecular formula is C18H16N4O4. The first kappa shape index (κ1) is 15.5. The van der Waals surface area contributed by atoms with E-state index in [0.717, 1.165) is 0 Å². The fraction of sp³-hybridized carbons (Fsp3) is 0.444. The van der Waals surface area contributed by atoms with Gasteiger partial charge in [0.15, 0.2) is 5.52 Å². The van der Waals surface area contributed by atoms with E-state index < -0.39 is 29.1 Å². The fourth-order valence-corrected chi connectivity index (χ4v) is 5.02. The minimum Gasteiger partial charge on any atom is -0.390 e. The summed E-state index contributed by atoms with van der Waals surface area (Å²) in [7, 11) is 0. The Labute approximate surface area is 148 Å². The maximum absolute atomic E-state index is 13.2. The highest BCUT2D eigenvalue weighted by atomic mass is 16.6. The van der Waals surface area contributed by atoms with Gasteiger partial charge < -0.3 is 14.7 Å². The lowest BCUT2D eigenvalue weighted by Crippen LogP contribution is -2.49. The van der Waals surface area contributed by atoms with Crippen molar-refractivity contribution in [3.63, 3.8) is 0 Å². The molecule has 0 aromatic carbocycles. The molecule has 8 heteroatoms. The van der Waals surface area contributed by atoms with Gasteiger partial charge in [-0.15, -0.1) is 5.10 Å². The van der Waals surface area contributed by atoms with Gasteiger partial charge in [-0.2, -0.15) is 4.52 Å². The summed E-state index contributed by atoms with van der Waals surface area (Å²) in [5.41, 5.74) is -0.994. The largest absolute Gasteiger partial charge is 0.390 e. The molecule has 1 N–H and O–H groups in total. The smallest absolute Gasteiger partial charge is 0.255 e. The van der Waals surface area contributed by atoms with Crippen molar-refractivity contribution in [3.05, 3.63) is 35.8 Å². The molecule has 5 atom stereocenters. The number of carbonyl (C=O) groups is 2. The second-order valence-corrected chi connectivity index (χ2v) is 7.60. The number of nitrogens with zero attached hydrogens (tertiary/aromatic N) is 4. The first-order chi connectivity index (χ1) is 12.3. The molecule has 2 bridgehead atoms. The summed E-state index contributed by atoms with van der Waals surface area (Å²) < 4.78 is 7.40. The average Bonchev–Trinajstić information content (AvgIpc) is 3.27. The van der Waals surface area contributed by atoms with Crippen molar-refractivity contribution in [2.45, 2.75) is 37.6 Å². The molecule has 0 saturated carbocycles. The van der Waals surface area contributed by atoms with E-state index in [1.54, 1.807) is 32.0 Å². The Balaban J connectivity index is 1.68. The highest BCUT2D eigenvalue weighted by Gasteiger charge is 2.75. The van der Waals surface area contributed by atoms with Crippen molar-refractivity contribution in [2.24, 2.45) is 11.8 Å². The second-order valence-electron chi connectivity index (χ2n) is 7.60. The number of anilines is 1. The van der Waals surface area contributed by atoms with Gasteiger partial charge in [0.1, 0.15) is 5.60 Å². The van der Waals surface area contributed by atoms with Crippen LogP contribution < -0.4 is 4.90 Å². The maximum Gasteiger partial charge on any atom is 0.255 e. The van der Waals surface area contributed by atoms with Crippen LogP contribution in [0, 0.1) is 18.4 Å². The molecule has 132 valence electrons. The van der Waals surface area contributed by atoms with Gasteiger partial charge >= 0.3 is 0 Å². The molecule has 5 heterocycles. The molecule has 2 aromatic rings. The zero-order valence-corrected chi connectivity index (χ0v) is 14.2. The Morgan fingerprint density at radius 1 is 1.27 bits per heavy atom. The van der Waals surface area contributed by atoms with Crippen molar-refractivity contribution in [3.8, 4) is 0 Å². The molecule has 3 fully saturated rings. The summed E-state index contributed by atoms with van der Waals surface area (Å²) in [5, 5.41) is 14.5. The summed E-state index contributed by atoms with van der Waals surface area (Å²) in [4.78, 5) is 31.0. The Bertz CT molecular complexity index is 1040. The van der Waals surface area contributed by atoms with E-state index in [1.807, 2.05) is 0 Å². The van der Waals surface area contributed by atoms with Gasteiger partial charge in [0.05, 0.1) is 35.4 Å². The Morgan fingerprint density at radius 3 is 2.73 bits per heavy atom. The summed E-state index contributed by atoms with van der Waals surface area (Å²) >= 11 is 0. The van der Waals surface area contributed by atoms with E-state index in [9.17, 15) is 14.7 Å². The van der Waals surface area contributed by atoms with Crippen LogP contribution in [0.5, 0.6) is 0 Å². The minimum absolute atomic E-state index is 0.297. The standard InChI is InChI=1S/C18H16N4O4/c1-17-8-11(23)18(2,26-17)14-13(17)15(24)21(16(14)25)9-4-5-12(19-3)22-10(9)6-7-20-22/h4-7,11,13-14,23H,8H2,1-2H3/t11-,13+,14-,17?,18?/m0/s1. The number of amides is 2. The van der Waals surface area contributed by atoms with Crippen molar-refractivity contribution in [1.82, 2.24) is 9.61 Å². The summed E-state index contributed by atoms with van der Waals surface area (Å²) in [6, 6.07) is 4.81. The van der Waals surface area contributed by atoms with Crippen LogP contribution in [0.2, 0.25) is 0 Å². The molecule has 3 aliphatic heterocycles. The van der Waals surface area contributed by atoms with Crippen LogP contribution in [0.4, 0.5) is 11.5 Å². The first-order valence-corrected chi connectivity index (χ1v) is 8.42. The van der Waals surface area contributed by atoms with Crippen LogP contribution >= 0.6 is 0 Å². The first-order valence-electron chi connectivity index (χ1n) is 8.42. The fourth-order valence-electron chi connectivity index (χ4n) is 5.02. The number of carbonyl (C=O) groups excluding carboxylic acids is 2. The minimum atomic E-state index is -1.06. The molecule has 0 radical (unpaired) electrons. The van der Waals surface area contributed by atoms with Gasteiger partial charge in [-0.25, -0.2) is 4.90 Å². The topological polar surface area (TPSA) is 88.5 Å². The molecule has 3 saturated heterocycles. The third-order valence-corrected chi connectivity index (χ3v) is 6.16. The van der Waals surface area contributed by atoms with Gasteiger partial charge in [0, 0.05) is 12.5 Å². The summed E-state index contributed by atoms with van der Waals surface area (Å²) in [6.45, 7) is 10.7. The van der Waals surface area contributed by atoms with E-state index >= 15 is 0 Å².